The first-order valence-corrected chi connectivity index (χ1v) is 7.75. The number of carbonyl (C=O) groups excluding carboxylic acids is 1. The van der Waals surface area contributed by atoms with Crippen molar-refractivity contribution in [3.63, 3.8) is 0 Å². The largest absolute Gasteiger partial charge is 0.371 e. The SMILES string of the molecule is CCNc1[nH]c(C)c2c1C(=O)N(C)C1=NC3CCCC3N12. The molecule has 6 nitrogen and oxygen atoms in total. The lowest BCUT2D eigenvalue weighted by Crippen LogP contribution is -2.51. The molecular weight excluding hydrogens is 266 g/mol. The van der Waals surface area contributed by atoms with Crippen molar-refractivity contribution in [1.82, 2.24) is 9.88 Å². The Morgan fingerprint density at radius 3 is 3.00 bits per heavy atom. The molecule has 21 heavy (non-hydrogen) atoms. The van der Waals surface area contributed by atoms with Crippen LogP contribution in [0.25, 0.3) is 0 Å². The molecule has 0 saturated heterocycles. The average molecular weight is 287 g/mol. The van der Waals surface area contributed by atoms with E-state index in [2.05, 4.69) is 15.2 Å². The average Bonchev–Trinajstić information content (AvgIpc) is 3.09. The van der Waals surface area contributed by atoms with Crippen molar-refractivity contribution in [2.45, 2.75) is 45.2 Å². The molecule has 1 saturated carbocycles. The van der Waals surface area contributed by atoms with Crippen molar-refractivity contribution < 1.29 is 4.79 Å². The standard InChI is InChI=1S/C15H21N5O/c1-4-16-13-11-12(8(2)17-13)20-10-7-5-6-9(10)18-15(20)19(3)14(11)21/h9-10,16-17H,4-7H2,1-3H3. The number of aliphatic imine (C=N–C) groups is 1. The number of hydrogen-bond acceptors (Lipinski definition) is 4. The van der Waals surface area contributed by atoms with Crippen LogP contribution >= 0.6 is 0 Å². The van der Waals surface area contributed by atoms with Crippen LogP contribution < -0.4 is 10.2 Å². The van der Waals surface area contributed by atoms with Gasteiger partial charge in [-0.3, -0.25) is 9.69 Å². The molecule has 1 aromatic heterocycles. The molecule has 0 bridgehead atoms. The van der Waals surface area contributed by atoms with Gasteiger partial charge >= 0.3 is 0 Å². The van der Waals surface area contributed by atoms with Gasteiger partial charge in [0.1, 0.15) is 11.4 Å². The number of anilines is 2. The van der Waals surface area contributed by atoms with Crippen LogP contribution in [0.1, 0.15) is 42.2 Å². The van der Waals surface area contributed by atoms with Crippen LogP contribution in [0.3, 0.4) is 0 Å². The first-order chi connectivity index (χ1) is 10.1. The van der Waals surface area contributed by atoms with Crippen molar-refractivity contribution in [2.75, 3.05) is 23.8 Å². The van der Waals surface area contributed by atoms with E-state index in [0.717, 1.165) is 48.1 Å². The molecule has 3 aliphatic rings. The zero-order valence-electron chi connectivity index (χ0n) is 12.7. The van der Waals surface area contributed by atoms with Gasteiger partial charge in [0.25, 0.3) is 5.91 Å². The number of H-pyrrole nitrogens is 1. The summed E-state index contributed by atoms with van der Waals surface area (Å²) >= 11 is 0. The molecule has 1 aliphatic carbocycles. The molecule has 0 aromatic carbocycles. The van der Waals surface area contributed by atoms with E-state index in [4.69, 9.17) is 4.99 Å². The van der Waals surface area contributed by atoms with Gasteiger partial charge in [-0.2, -0.15) is 0 Å². The molecule has 3 heterocycles. The number of carbonyl (C=O) groups is 1. The third kappa shape index (κ3) is 1.53. The monoisotopic (exact) mass is 287 g/mol. The Balaban J connectivity index is 1.90. The van der Waals surface area contributed by atoms with Crippen molar-refractivity contribution >= 4 is 23.4 Å². The summed E-state index contributed by atoms with van der Waals surface area (Å²) in [6.07, 6.45) is 3.50. The number of aromatic amines is 1. The minimum absolute atomic E-state index is 0.0280. The first kappa shape index (κ1) is 12.7. The van der Waals surface area contributed by atoms with E-state index in [1.54, 1.807) is 4.90 Å². The van der Waals surface area contributed by atoms with Gasteiger partial charge in [0, 0.05) is 19.3 Å². The second-order valence-electron chi connectivity index (χ2n) is 6.11. The van der Waals surface area contributed by atoms with Gasteiger partial charge in [0.05, 0.1) is 17.8 Å². The van der Waals surface area contributed by atoms with Crippen LogP contribution in [0.15, 0.2) is 4.99 Å². The molecule has 4 rings (SSSR count). The highest BCUT2D eigenvalue weighted by Crippen LogP contribution is 2.44. The number of aryl methyl sites for hydroxylation is 1. The van der Waals surface area contributed by atoms with Crippen LogP contribution in [0.4, 0.5) is 11.5 Å². The second kappa shape index (κ2) is 4.26. The highest BCUT2D eigenvalue weighted by molar-refractivity contribution is 6.22. The van der Waals surface area contributed by atoms with Crippen LogP contribution in [0.5, 0.6) is 0 Å². The Labute approximate surface area is 124 Å². The molecule has 2 atom stereocenters. The lowest BCUT2D eigenvalue weighted by Gasteiger charge is -2.36. The van der Waals surface area contributed by atoms with Crippen molar-refractivity contribution in [3.05, 3.63) is 11.3 Å². The van der Waals surface area contributed by atoms with Crippen LogP contribution in [-0.2, 0) is 0 Å². The maximum Gasteiger partial charge on any atom is 0.266 e. The van der Waals surface area contributed by atoms with Gasteiger partial charge in [0.15, 0.2) is 0 Å². The Bertz CT molecular complexity index is 647. The zero-order valence-corrected chi connectivity index (χ0v) is 12.7. The summed E-state index contributed by atoms with van der Waals surface area (Å²) in [5, 5.41) is 3.28. The van der Waals surface area contributed by atoms with E-state index < -0.39 is 0 Å². The number of amides is 1. The maximum absolute atomic E-state index is 12.7. The molecule has 1 amide bonds. The van der Waals surface area contributed by atoms with E-state index >= 15 is 0 Å². The number of guanidine groups is 1. The van der Waals surface area contributed by atoms with E-state index in [-0.39, 0.29) is 5.91 Å². The molecule has 1 aromatic rings. The topological polar surface area (TPSA) is 63.7 Å². The van der Waals surface area contributed by atoms with Crippen molar-refractivity contribution in [2.24, 2.45) is 4.99 Å². The number of fused-ring (bicyclic) bond motifs is 5. The molecule has 0 radical (unpaired) electrons. The fraction of sp³-hybridized carbons (Fsp3) is 0.600. The Kier molecular flexibility index (Phi) is 2.58. The molecule has 2 N–H and O–H groups in total. The predicted molar refractivity (Wildman–Crippen MR) is 83.1 cm³/mol. The lowest BCUT2D eigenvalue weighted by atomic mass is 10.1. The fourth-order valence-corrected chi connectivity index (χ4v) is 3.94. The minimum Gasteiger partial charge on any atom is -0.371 e. The number of nitrogens with one attached hydrogen (secondary N) is 2. The molecule has 2 unspecified atom stereocenters. The molecule has 6 heteroatoms. The minimum atomic E-state index is 0.0280. The smallest absolute Gasteiger partial charge is 0.266 e. The summed E-state index contributed by atoms with van der Waals surface area (Å²) in [5.41, 5.74) is 2.84. The highest BCUT2D eigenvalue weighted by atomic mass is 16.2. The van der Waals surface area contributed by atoms with Gasteiger partial charge in [-0.15, -0.1) is 0 Å². The van der Waals surface area contributed by atoms with E-state index in [1.165, 1.54) is 6.42 Å². The summed E-state index contributed by atoms with van der Waals surface area (Å²) < 4.78 is 0. The molecule has 1 fully saturated rings. The number of hydrogen-bond donors (Lipinski definition) is 2. The summed E-state index contributed by atoms with van der Waals surface area (Å²) in [7, 11) is 1.83. The lowest BCUT2D eigenvalue weighted by molar-refractivity contribution is 0.0866. The van der Waals surface area contributed by atoms with Crippen LogP contribution in [-0.4, -0.2) is 47.4 Å². The summed E-state index contributed by atoms with van der Waals surface area (Å²) in [6.45, 7) is 4.86. The number of nitrogens with zero attached hydrogens (tertiary/aromatic N) is 3. The fourth-order valence-electron chi connectivity index (χ4n) is 3.94. The highest BCUT2D eigenvalue weighted by Gasteiger charge is 2.48. The molecule has 2 aliphatic heterocycles. The van der Waals surface area contributed by atoms with Crippen LogP contribution in [0.2, 0.25) is 0 Å². The van der Waals surface area contributed by atoms with Gasteiger partial charge in [0.2, 0.25) is 5.96 Å². The number of aromatic nitrogens is 1. The van der Waals surface area contributed by atoms with Gasteiger partial charge < -0.3 is 15.2 Å². The second-order valence-corrected chi connectivity index (χ2v) is 6.11. The third-order valence-electron chi connectivity index (χ3n) is 4.84. The van der Waals surface area contributed by atoms with Crippen molar-refractivity contribution in [1.29, 1.82) is 0 Å². The normalized spacial score (nSPS) is 26.6. The van der Waals surface area contributed by atoms with Crippen molar-refractivity contribution in [3.8, 4) is 0 Å². The Hall–Kier alpha value is -1.98. The summed E-state index contributed by atoms with van der Waals surface area (Å²) in [6, 6.07) is 0.761. The summed E-state index contributed by atoms with van der Waals surface area (Å²) in [4.78, 5) is 24.9. The number of rotatable bonds is 2. The van der Waals surface area contributed by atoms with E-state index in [9.17, 15) is 4.79 Å². The Morgan fingerprint density at radius 2 is 2.24 bits per heavy atom. The van der Waals surface area contributed by atoms with Gasteiger partial charge in [-0.25, -0.2) is 4.99 Å². The van der Waals surface area contributed by atoms with Crippen LogP contribution in [0, 0.1) is 6.92 Å². The Morgan fingerprint density at radius 1 is 1.43 bits per heavy atom. The molecule has 0 spiro atoms. The van der Waals surface area contributed by atoms with Gasteiger partial charge in [-0.05, 0) is 33.1 Å². The van der Waals surface area contributed by atoms with Gasteiger partial charge in [-0.1, -0.05) is 0 Å². The third-order valence-corrected chi connectivity index (χ3v) is 4.84. The zero-order chi connectivity index (χ0) is 14.7. The molecular formula is C15H21N5O. The molecule has 112 valence electrons. The summed E-state index contributed by atoms with van der Waals surface area (Å²) in [5.74, 6) is 1.69. The predicted octanol–water partition coefficient (Wildman–Crippen LogP) is 1.94. The van der Waals surface area contributed by atoms with E-state index in [0.29, 0.717) is 12.1 Å². The first-order valence-electron chi connectivity index (χ1n) is 7.75. The quantitative estimate of drug-likeness (QED) is 0.873. The van der Waals surface area contributed by atoms with E-state index in [1.807, 2.05) is 20.9 Å². The maximum atomic E-state index is 12.7.